The molecule has 0 aliphatic rings. The Hall–Kier alpha value is -3.42. The van der Waals surface area contributed by atoms with Crippen molar-refractivity contribution in [1.82, 2.24) is 14.5 Å². The lowest BCUT2D eigenvalue weighted by molar-refractivity contribution is 0.597. The van der Waals surface area contributed by atoms with Crippen LogP contribution in [0.15, 0.2) is 88.7 Å². The second-order valence-electron chi connectivity index (χ2n) is 7.13. The average Bonchev–Trinajstić information content (AvgIpc) is 3.05. The van der Waals surface area contributed by atoms with Crippen molar-refractivity contribution < 1.29 is 8.42 Å². The van der Waals surface area contributed by atoms with Crippen LogP contribution < -0.4 is 5.73 Å². The molecule has 0 aliphatic heterocycles. The first-order valence-corrected chi connectivity index (χ1v) is 11.4. The maximum absolute atomic E-state index is 13.5. The monoisotopic (exact) mass is 448 g/mol. The minimum Gasteiger partial charge on any atom is -0.384 e. The molecule has 0 aliphatic carbocycles. The molecule has 0 spiro atoms. The van der Waals surface area contributed by atoms with E-state index in [1.165, 1.54) is 0 Å². The van der Waals surface area contributed by atoms with Gasteiger partial charge < -0.3 is 10.3 Å². The minimum atomic E-state index is -3.91. The number of nitrogens with two attached hydrogens (primary N) is 1. The largest absolute Gasteiger partial charge is 0.384 e. The summed E-state index contributed by atoms with van der Waals surface area (Å²) < 4.78 is 28.8. The van der Waals surface area contributed by atoms with Gasteiger partial charge in [-0.25, -0.2) is 18.4 Å². The molecule has 0 atom stereocenters. The van der Waals surface area contributed by atoms with Gasteiger partial charge in [0, 0.05) is 5.02 Å². The van der Waals surface area contributed by atoms with Crippen LogP contribution in [0.25, 0.3) is 22.2 Å². The van der Waals surface area contributed by atoms with Crippen molar-refractivity contribution in [3.8, 4) is 0 Å². The number of fused-ring (bicyclic) bond motifs is 2. The van der Waals surface area contributed by atoms with Gasteiger partial charge in [0.1, 0.15) is 16.2 Å². The van der Waals surface area contributed by atoms with Gasteiger partial charge in [0.25, 0.3) is 0 Å². The van der Waals surface area contributed by atoms with Crippen LogP contribution in [0, 0.1) is 0 Å². The Morgan fingerprint density at radius 3 is 2.13 bits per heavy atom. The highest BCUT2D eigenvalue weighted by molar-refractivity contribution is 7.92. The van der Waals surface area contributed by atoms with E-state index >= 15 is 0 Å². The summed E-state index contributed by atoms with van der Waals surface area (Å²) in [5.41, 5.74) is 9.30. The Kier molecular flexibility index (Phi) is 4.64. The molecule has 2 aromatic heterocycles. The van der Waals surface area contributed by atoms with E-state index in [4.69, 9.17) is 22.3 Å². The zero-order chi connectivity index (χ0) is 21.6. The summed E-state index contributed by atoms with van der Waals surface area (Å²) >= 11 is 6.00. The Balaban J connectivity index is 1.81. The molecule has 2 N–H and O–H groups in total. The Labute approximate surface area is 183 Å². The van der Waals surface area contributed by atoms with Crippen molar-refractivity contribution in [3.63, 3.8) is 0 Å². The van der Waals surface area contributed by atoms with Crippen molar-refractivity contribution in [1.29, 1.82) is 0 Å². The van der Waals surface area contributed by atoms with Gasteiger partial charge in [-0.2, -0.15) is 0 Å². The quantitative estimate of drug-likeness (QED) is 0.430. The maximum atomic E-state index is 13.5. The minimum absolute atomic E-state index is 0.0269. The van der Waals surface area contributed by atoms with Crippen LogP contribution in [-0.4, -0.2) is 23.0 Å². The van der Waals surface area contributed by atoms with Crippen LogP contribution in [0.4, 0.5) is 5.82 Å². The van der Waals surface area contributed by atoms with E-state index in [1.54, 1.807) is 53.1 Å². The number of hydrogen-bond donors (Lipinski definition) is 1. The number of halogens is 1. The molecule has 0 amide bonds. The van der Waals surface area contributed by atoms with Gasteiger partial charge in [0.05, 0.1) is 22.5 Å². The third-order valence-corrected chi connectivity index (χ3v) is 7.21. The zero-order valence-corrected chi connectivity index (χ0v) is 17.8. The number of aromatic nitrogens is 3. The molecule has 5 aromatic rings. The summed E-state index contributed by atoms with van der Waals surface area (Å²) in [6, 6.07) is 22.8. The topological polar surface area (TPSA) is 90.9 Å². The third kappa shape index (κ3) is 3.32. The first kappa shape index (κ1) is 19.5. The highest BCUT2D eigenvalue weighted by Gasteiger charge is 2.30. The predicted octanol–water partition coefficient (Wildman–Crippen LogP) is 4.70. The van der Waals surface area contributed by atoms with Gasteiger partial charge in [-0.1, -0.05) is 54.1 Å². The summed E-state index contributed by atoms with van der Waals surface area (Å²) in [4.78, 5) is 9.48. The molecule has 0 bridgehead atoms. The molecule has 0 fully saturated rings. The van der Waals surface area contributed by atoms with E-state index in [-0.39, 0.29) is 21.1 Å². The number of nitrogens with zero attached hydrogens (tertiary/aromatic N) is 3. The zero-order valence-electron chi connectivity index (χ0n) is 16.2. The van der Waals surface area contributed by atoms with E-state index in [2.05, 4.69) is 4.98 Å². The molecule has 0 unspecified atom stereocenters. The summed E-state index contributed by atoms with van der Waals surface area (Å²) in [6.45, 7) is 0.330. The van der Waals surface area contributed by atoms with Gasteiger partial charge in [0.2, 0.25) is 9.84 Å². The van der Waals surface area contributed by atoms with Crippen molar-refractivity contribution in [2.45, 2.75) is 16.3 Å². The highest BCUT2D eigenvalue weighted by Crippen LogP contribution is 2.35. The number of nitrogen functional groups attached to an aromatic ring is 1. The number of para-hydroxylation sites is 2. The van der Waals surface area contributed by atoms with Crippen LogP contribution in [0.1, 0.15) is 5.56 Å². The fourth-order valence-corrected chi connectivity index (χ4v) is 5.26. The maximum Gasteiger partial charge on any atom is 0.212 e. The Morgan fingerprint density at radius 1 is 0.839 bits per heavy atom. The van der Waals surface area contributed by atoms with Gasteiger partial charge in [0.15, 0.2) is 5.65 Å². The lowest BCUT2D eigenvalue weighted by atomic mass is 10.2. The lowest BCUT2D eigenvalue weighted by Gasteiger charge is -2.09. The fraction of sp³-hybridized carbons (Fsp3) is 0.0435. The molecule has 0 radical (unpaired) electrons. The number of sulfone groups is 1. The molecule has 154 valence electrons. The van der Waals surface area contributed by atoms with Crippen LogP contribution in [0.3, 0.4) is 0 Å². The molecule has 5 rings (SSSR count). The third-order valence-electron chi connectivity index (χ3n) is 5.12. The molecule has 3 aromatic carbocycles. The van der Waals surface area contributed by atoms with Gasteiger partial charge in [-0.3, -0.25) is 0 Å². The summed E-state index contributed by atoms with van der Waals surface area (Å²) in [7, 11) is -3.91. The number of rotatable bonds is 4. The van der Waals surface area contributed by atoms with E-state index in [9.17, 15) is 8.42 Å². The second-order valence-corrected chi connectivity index (χ2v) is 9.45. The first-order valence-electron chi connectivity index (χ1n) is 9.54. The molecule has 2 heterocycles. The lowest BCUT2D eigenvalue weighted by Crippen LogP contribution is -2.09. The van der Waals surface area contributed by atoms with Crippen LogP contribution in [-0.2, 0) is 16.4 Å². The first-order chi connectivity index (χ1) is 14.9. The number of hydrogen-bond acceptors (Lipinski definition) is 5. The normalized spacial score (nSPS) is 11.9. The standard InChI is InChI=1S/C23H17ClN4O2S/c24-16-12-10-15(11-13-16)14-28-22(25)21(31(29,30)17-6-2-1-3-7-17)20-23(28)27-19-9-5-4-8-18(19)26-20/h1-13H,14,25H2. The van der Waals surface area contributed by atoms with Gasteiger partial charge >= 0.3 is 0 Å². The van der Waals surface area contributed by atoms with E-state index in [0.717, 1.165) is 5.56 Å². The molecule has 0 saturated heterocycles. The van der Waals surface area contributed by atoms with Crippen LogP contribution >= 0.6 is 11.6 Å². The van der Waals surface area contributed by atoms with E-state index in [1.807, 2.05) is 30.3 Å². The highest BCUT2D eigenvalue weighted by atomic mass is 35.5. The molecule has 6 nitrogen and oxygen atoms in total. The number of benzene rings is 3. The SMILES string of the molecule is Nc1c(S(=O)(=O)c2ccccc2)c2nc3ccccc3nc2n1Cc1ccc(Cl)cc1. The number of anilines is 1. The van der Waals surface area contributed by atoms with Crippen molar-refractivity contribution >= 4 is 49.5 Å². The van der Waals surface area contributed by atoms with Crippen LogP contribution in [0.2, 0.25) is 5.02 Å². The summed E-state index contributed by atoms with van der Waals surface area (Å²) in [6.07, 6.45) is 0. The molecule has 8 heteroatoms. The van der Waals surface area contributed by atoms with Crippen LogP contribution in [0.5, 0.6) is 0 Å². The second kappa shape index (κ2) is 7.37. The molecule has 0 saturated carbocycles. The average molecular weight is 449 g/mol. The van der Waals surface area contributed by atoms with Gasteiger partial charge in [-0.15, -0.1) is 0 Å². The van der Waals surface area contributed by atoms with Crippen molar-refractivity contribution in [3.05, 3.63) is 89.4 Å². The van der Waals surface area contributed by atoms with Crippen molar-refractivity contribution in [2.24, 2.45) is 0 Å². The fourth-order valence-electron chi connectivity index (χ4n) is 3.60. The summed E-state index contributed by atoms with van der Waals surface area (Å²) in [5.74, 6) is 0.101. The summed E-state index contributed by atoms with van der Waals surface area (Å²) in [5, 5.41) is 0.618. The predicted molar refractivity (Wildman–Crippen MR) is 122 cm³/mol. The molecule has 31 heavy (non-hydrogen) atoms. The van der Waals surface area contributed by atoms with Gasteiger partial charge in [-0.05, 0) is 42.0 Å². The van der Waals surface area contributed by atoms with E-state index in [0.29, 0.717) is 28.2 Å². The Morgan fingerprint density at radius 2 is 1.45 bits per heavy atom. The van der Waals surface area contributed by atoms with E-state index < -0.39 is 9.84 Å². The van der Waals surface area contributed by atoms with Crippen molar-refractivity contribution in [2.75, 3.05) is 5.73 Å². The molecular weight excluding hydrogens is 432 g/mol. The smallest absolute Gasteiger partial charge is 0.212 e. The Bertz CT molecular complexity index is 1530. The molecular formula is C23H17ClN4O2S.